The van der Waals surface area contributed by atoms with E-state index in [1.807, 2.05) is 26.0 Å². The fourth-order valence-electron chi connectivity index (χ4n) is 3.50. The van der Waals surface area contributed by atoms with Crippen LogP contribution in [0.15, 0.2) is 59.6 Å². The third-order valence-electron chi connectivity index (χ3n) is 5.31. The third-order valence-corrected chi connectivity index (χ3v) is 6.98. The molecule has 2 aromatic carbocycles. The molecule has 1 amide bonds. The minimum atomic E-state index is -3.71. The average molecular weight is 548 g/mol. The normalized spacial score (nSPS) is 12.4. The van der Waals surface area contributed by atoms with Crippen molar-refractivity contribution >= 4 is 39.2 Å². The molecule has 3 rings (SSSR count). The summed E-state index contributed by atoms with van der Waals surface area (Å²) >= 11 is 5.81. The highest BCUT2D eigenvalue weighted by Crippen LogP contribution is 2.18. The number of benzene rings is 2. The number of carbonyl (C=O) groups is 2. The van der Waals surface area contributed by atoms with Crippen LogP contribution in [0.25, 0.3) is 0 Å². The summed E-state index contributed by atoms with van der Waals surface area (Å²) < 4.78 is 34.0. The number of amides is 1. The Morgan fingerprint density at radius 3 is 2.38 bits per heavy atom. The zero-order valence-corrected chi connectivity index (χ0v) is 22.4. The Morgan fingerprint density at radius 1 is 1.08 bits per heavy atom. The maximum atomic E-state index is 12.7. The Hall–Kier alpha value is -3.28. The summed E-state index contributed by atoms with van der Waals surface area (Å²) in [5.41, 5.74) is 1.90. The van der Waals surface area contributed by atoms with Crippen molar-refractivity contribution in [3.63, 3.8) is 0 Å². The molecule has 2 N–H and O–H groups in total. The molecule has 0 aliphatic rings. The molecule has 0 spiro atoms. The van der Waals surface area contributed by atoms with E-state index in [2.05, 4.69) is 20.4 Å². The Bertz CT molecular complexity index is 1310. The van der Waals surface area contributed by atoms with Gasteiger partial charge in [-0.1, -0.05) is 42.8 Å². The molecule has 1 aromatic heterocycles. The lowest BCUT2D eigenvalue weighted by molar-refractivity contribution is -0.151. The summed E-state index contributed by atoms with van der Waals surface area (Å²) in [5, 5.41) is 11.3. The number of rotatable bonds is 12. The van der Waals surface area contributed by atoms with Gasteiger partial charge in [-0.15, -0.1) is 5.10 Å². The first-order chi connectivity index (χ1) is 17.6. The minimum Gasteiger partial charge on any atom is -0.465 e. The standard InChI is InChI=1S/C25H30ClN5O5S/c1-4-36-25(33)23(13-17(2)3)24(32)28-20-9-5-18(6-10-20)15-31-16-21(29-30-31)14-27-37(34,35)22-11-7-19(26)8-12-22/h5-12,16-17,23,27H,4,13-15H2,1-3H3,(H,28,32). The predicted octanol–water partition coefficient (Wildman–Crippen LogP) is 3.62. The molecule has 1 heterocycles. The van der Waals surface area contributed by atoms with Crippen molar-refractivity contribution in [2.75, 3.05) is 11.9 Å². The highest BCUT2D eigenvalue weighted by molar-refractivity contribution is 7.89. The molecule has 1 unspecified atom stereocenters. The molecular weight excluding hydrogens is 518 g/mol. The maximum Gasteiger partial charge on any atom is 0.318 e. The molecule has 10 nitrogen and oxygen atoms in total. The maximum absolute atomic E-state index is 12.7. The number of anilines is 1. The second kappa shape index (κ2) is 12.8. The van der Waals surface area contributed by atoms with E-state index in [0.29, 0.717) is 29.4 Å². The highest BCUT2D eigenvalue weighted by atomic mass is 35.5. The predicted molar refractivity (Wildman–Crippen MR) is 139 cm³/mol. The number of nitrogens with one attached hydrogen (secondary N) is 2. The van der Waals surface area contributed by atoms with Crippen LogP contribution in [0.5, 0.6) is 0 Å². The molecule has 3 aromatic rings. The summed E-state index contributed by atoms with van der Waals surface area (Å²) in [7, 11) is -3.71. The van der Waals surface area contributed by atoms with Gasteiger partial charge in [-0.2, -0.15) is 0 Å². The Balaban J connectivity index is 1.56. The smallest absolute Gasteiger partial charge is 0.318 e. The quantitative estimate of drug-likeness (QED) is 0.261. The van der Waals surface area contributed by atoms with Gasteiger partial charge >= 0.3 is 5.97 Å². The van der Waals surface area contributed by atoms with E-state index in [9.17, 15) is 18.0 Å². The second-order valence-corrected chi connectivity index (χ2v) is 11.0. The molecule has 0 radical (unpaired) electrons. The van der Waals surface area contributed by atoms with E-state index in [1.165, 1.54) is 24.3 Å². The lowest BCUT2D eigenvalue weighted by Gasteiger charge is -2.17. The van der Waals surface area contributed by atoms with Crippen molar-refractivity contribution in [1.82, 2.24) is 19.7 Å². The zero-order valence-electron chi connectivity index (χ0n) is 20.8. The summed E-state index contributed by atoms with van der Waals surface area (Å²) in [6.07, 6.45) is 2.04. The number of hydrogen-bond donors (Lipinski definition) is 2. The first kappa shape index (κ1) is 28.3. The van der Waals surface area contributed by atoms with Crippen molar-refractivity contribution < 1.29 is 22.7 Å². The average Bonchev–Trinajstić information content (AvgIpc) is 3.30. The van der Waals surface area contributed by atoms with E-state index in [-0.39, 0.29) is 24.0 Å². The Morgan fingerprint density at radius 2 is 1.76 bits per heavy atom. The van der Waals surface area contributed by atoms with Gasteiger partial charge in [0.2, 0.25) is 15.9 Å². The zero-order chi connectivity index (χ0) is 27.0. The Kier molecular flexibility index (Phi) is 9.79. The molecule has 12 heteroatoms. The third kappa shape index (κ3) is 8.38. The van der Waals surface area contributed by atoms with E-state index < -0.39 is 27.8 Å². The van der Waals surface area contributed by atoms with Crippen LogP contribution in [-0.2, 0) is 37.4 Å². The van der Waals surface area contributed by atoms with Crippen LogP contribution in [0.2, 0.25) is 5.02 Å². The number of nitrogens with zero attached hydrogens (tertiary/aromatic N) is 3. The topological polar surface area (TPSA) is 132 Å². The monoisotopic (exact) mass is 547 g/mol. The first-order valence-electron chi connectivity index (χ1n) is 11.8. The van der Waals surface area contributed by atoms with Crippen molar-refractivity contribution in [2.45, 2.75) is 45.2 Å². The lowest BCUT2D eigenvalue weighted by Crippen LogP contribution is -2.32. The first-order valence-corrected chi connectivity index (χ1v) is 13.6. The van der Waals surface area contributed by atoms with Gasteiger partial charge in [0.05, 0.1) is 36.5 Å². The fourth-order valence-corrected chi connectivity index (χ4v) is 4.62. The lowest BCUT2D eigenvalue weighted by atomic mass is 9.96. The molecule has 37 heavy (non-hydrogen) atoms. The van der Waals surface area contributed by atoms with Gasteiger partial charge < -0.3 is 10.1 Å². The molecule has 0 aliphatic carbocycles. The largest absolute Gasteiger partial charge is 0.465 e. The van der Waals surface area contributed by atoms with Crippen LogP contribution in [-0.4, -0.2) is 41.9 Å². The van der Waals surface area contributed by atoms with E-state index in [4.69, 9.17) is 16.3 Å². The molecular formula is C25H30ClN5O5S. The number of halogens is 1. The Labute approximate surface area is 221 Å². The summed E-state index contributed by atoms with van der Waals surface area (Å²) in [6.45, 7) is 6.18. The SMILES string of the molecule is CCOC(=O)C(CC(C)C)C(=O)Nc1ccc(Cn2cc(CNS(=O)(=O)c3ccc(Cl)cc3)nn2)cc1. The highest BCUT2D eigenvalue weighted by Gasteiger charge is 2.29. The van der Waals surface area contributed by atoms with E-state index in [0.717, 1.165) is 5.56 Å². The second-order valence-electron chi connectivity index (χ2n) is 8.81. The van der Waals surface area contributed by atoms with Gasteiger partial charge in [0.25, 0.3) is 0 Å². The summed E-state index contributed by atoms with van der Waals surface area (Å²) in [4.78, 5) is 25.0. The van der Waals surface area contributed by atoms with Crippen LogP contribution >= 0.6 is 11.6 Å². The molecule has 0 aliphatic heterocycles. The number of aromatic nitrogens is 3. The molecule has 0 saturated carbocycles. The van der Waals surface area contributed by atoms with Crippen molar-refractivity contribution in [3.8, 4) is 0 Å². The van der Waals surface area contributed by atoms with E-state index >= 15 is 0 Å². The number of carbonyl (C=O) groups excluding carboxylic acids is 2. The number of ether oxygens (including phenoxy) is 1. The van der Waals surface area contributed by atoms with Gasteiger partial charge in [0.1, 0.15) is 5.92 Å². The molecule has 0 saturated heterocycles. The van der Waals surface area contributed by atoms with Gasteiger partial charge in [-0.3, -0.25) is 9.59 Å². The van der Waals surface area contributed by atoms with Crippen LogP contribution in [0.1, 0.15) is 38.4 Å². The van der Waals surface area contributed by atoms with E-state index in [1.54, 1.807) is 29.9 Å². The summed E-state index contributed by atoms with van der Waals surface area (Å²) in [6, 6.07) is 13.0. The van der Waals surface area contributed by atoms with Crippen LogP contribution < -0.4 is 10.0 Å². The molecule has 1 atom stereocenters. The van der Waals surface area contributed by atoms with Crippen molar-refractivity contribution in [1.29, 1.82) is 0 Å². The van der Waals surface area contributed by atoms with Crippen LogP contribution in [0, 0.1) is 11.8 Å². The summed E-state index contributed by atoms with van der Waals surface area (Å²) in [5.74, 6) is -1.64. The molecule has 0 bridgehead atoms. The minimum absolute atomic E-state index is 0.0199. The van der Waals surface area contributed by atoms with Crippen LogP contribution in [0.4, 0.5) is 5.69 Å². The molecule has 0 fully saturated rings. The van der Waals surface area contributed by atoms with Crippen LogP contribution in [0.3, 0.4) is 0 Å². The number of sulfonamides is 1. The van der Waals surface area contributed by atoms with Crippen molar-refractivity contribution in [2.24, 2.45) is 11.8 Å². The molecule has 198 valence electrons. The fraction of sp³-hybridized carbons (Fsp3) is 0.360. The van der Waals surface area contributed by atoms with Gasteiger partial charge in [-0.05, 0) is 61.2 Å². The van der Waals surface area contributed by atoms with Crippen molar-refractivity contribution in [3.05, 3.63) is 71.0 Å². The number of esters is 1. The van der Waals surface area contributed by atoms with Gasteiger partial charge in [0, 0.05) is 10.7 Å². The number of hydrogen-bond acceptors (Lipinski definition) is 7. The van der Waals surface area contributed by atoms with Gasteiger partial charge in [0.15, 0.2) is 0 Å². The van der Waals surface area contributed by atoms with Gasteiger partial charge in [-0.25, -0.2) is 17.8 Å².